The van der Waals surface area contributed by atoms with Gasteiger partial charge in [-0.15, -0.1) is 0 Å². The van der Waals surface area contributed by atoms with E-state index in [1.807, 2.05) is 0 Å². The summed E-state index contributed by atoms with van der Waals surface area (Å²) in [7, 11) is 0. The van der Waals surface area contributed by atoms with E-state index in [-0.39, 0.29) is 12.4 Å². The fourth-order valence-electron chi connectivity index (χ4n) is 1.03. The minimum Gasteiger partial charge on any atom is -0.487 e. The minimum atomic E-state index is -1.44. The highest BCUT2D eigenvalue weighted by atomic mass is 16.5. The molecule has 0 saturated carbocycles. The molecule has 0 aliphatic carbocycles. The third-order valence-electron chi connectivity index (χ3n) is 1.97. The van der Waals surface area contributed by atoms with E-state index in [2.05, 4.69) is 6.58 Å². The molecule has 0 aromatic heterocycles. The van der Waals surface area contributed by atoms with Gasteiger partial charge in [-0.25, -0.2) is 0 Å². The Kier molecular flexibility index (Phi) is 1.92. The summed E-state index contributed by atoms with van der Waals surface area (Å²) in [5.41, 5.74) is -1.44. The predicted molar refractivity (Wildman–Crippen MR) is 37.7 cm³/mol. The van der Waals surface area contributed by atoms with Crippen molar-refractivity contribution < 1.29 is 20.1 Å². The molecule has 4 heteroatoms. The lowest BCUT2D eigenvalue weighted by molar-refractivity contribution is -0.0404. The first-order valence-electron chi connectivity index (χ1n) is 3.37. The van der Waals surface area contributed by atoms with Gasteiger partial charge < -0.3 is 20.1 Å². The Morgan fingerprint density at radius 1 is 1.73 bits per heavy atom. The fourth-order valence-corrected chi connectivity index (χ4v) is 1.03. The van der Waals surface area contributed by atoms with Gasteiger partial charge in [0.25, 0.3) is 0 Å². The molecule has 1 fully saturated rings. The molecule has 0 bridgehead atoms. The van der Waals surface area contributed by atoms with E-state index >= 15 is 0 Å². The molecule has 3 N–H and O–H groups in total. The van der Waals surface area contributed by atoms with E-state index in [1.54, 1.807) is 0 Å². The Hall–Kier alpha value is -0.580. The van der Waals surface area contributed by atoms with Crippen LogP contribution in [-0.2, 0) is 4.74 Å². The molecule has 0 amide bonds. The Morgan fingerprint density at radius 2 is 2.27 bits per heavy atom. The summed E-state index contributed by atoms with van der Waals surface area (Å²) in [4.78, 5) is 0. The maximum Gasteiger partial charge on any atom is 0.150 e. The molecule has 1 saturated heterocycles. The van der Waals surface area contributed by atoms with Crippen molar-refractivity contribution in [2.24, 2.45) is 0 Å². The summed E-state index contributed by atoms with van der Waals surface area (Å²) in [6.45, 7) is 4.49. The van der Waals surface area contributed by atoms with E-state index in [0.717, 1.165) is 0 Å². The lowest BCUT2D eigenvalue weighted by atomic mass is 9.97. The number of hydrogen-bond donors (Lipinski definition) is 3. The molecule has 0 unspecified atom stereocenters. The third kappa shape index (κ3) is 1.13. The van der Waals surface area contributed by atoms with Crippen LogP contribution in [0.2, 0.25) is 0 Å². The maximum absolute atomic E-state index is 9.45. The molecule has 0 radical (unpaired) electrons. The zero-order valence-electron chi connectivity index (χ0n) is 6.32. The maximum atomic E-state index is 9.45. The first kappa shape index (κ1) is 8.52. The van der Waals surface area contributed by atoms with Crippen LogP contribution in [0.15, 0.2) is 12.3 Å². The SMILES string of the molecule is C=C1O[C@H](CO)[C@@H](O)[C@@]1(C)O. The van der Waals surface area contributed by atoms with Crippen LogP contribution in [0.1, 0.15) is 6.92 Å². The van der Waals surface area contributed by atoms with Gasteiger partial charge in [0.15, 0.2) is 6.10 Å². The Balaban J connectivity index is 2.80. The van der Waals surface area contributed by atoms with Crippen molar-refractivity contribution in [3.63, 3.8) is 0 Å². The average Bonchev–Trinajstić information content (AvgIpc) is 2.14. The second kappa shape index (κ2) is 2.48. The molecule has 1 aliphatic heterocycles. The Morgan fingerprint density at radius 3 is 2.45 bits per heavy atom. The van der Waals surface area contributed by atoms with Gasteiger partial charge in [0.2, 0.25) is 0 Å². The summed E-state index contributed by atoms with van der Waals surface area (Å²) < 4.78 is 4.89. The van der Waals surface area contributed by atoms with Crippen molar-refractivity contribution in [1.82, 2.24) is 0 Å². The highest BCUT2D eigenvalue weighted by molar-refractivity contribution is 5.14. The smallest absolute Gasteiger partial charge is 0.150 e. The molecular formula is C7H12O4. The van der Waals surface area contributed by atoms with Crippen molar-refractivity contribution in [2.75, 3.05) is 6.61 Å². The molecule has 0 spiro atoms. The number of ether oxygens (including phenoxy) is 1. The third-order valence-corrected chi connectivity index (χ3v) is 1.97. The van der Waals surface area contributed by atoms with E-state index in [0.29, 0.717) is 0 Å². The van der Waals surface area contributed by atoms with E-state index < -0.39 is 17.8 Å². The number of aliphatic hydroxyl groups is 3. The van der Waals surface area contributed by atoms with Gasteiger partial charge in [0.1, 0.15) is 17.5 Å². The zero-order chi connectivity index (χ0) is 8.65. The summed E-state index contributed by atoms with van der Waals surface area (Å²) in [6, 6.07) is 0. The lowest BCUT2D eigenvalue weighted by Crippen LogP contribution is -2.41. The largest absolute Gasteiger partial charge is 0.487 e. The molecule has 64 valence electrons. The number of hydrogen-bond acceptors (Lipinski definition) is 4. The number of aliphatic hydroxyl groups excluding tert-OH is 2. The van der Waals surface area contributed by atoms with Crippen LogP contribution in [0, 0.1) is 0 Å². The summed E-state index contributed by atoms with van der Waals surface area (Å²) in [6.07, 6.45) is -1.85. The van der Waals surface area contributed by atoms with Crippen LogP contribution < -0.4 is 0 Å². The highest BCUT2D eigenvalue weighted by Crippen LogP contribution is 2.32. The van der Waals surface area contributed by atoms with Crippen LogP contribution in [0.5, 0.6) is 0 Å². The summed E-state index contributed by atoms with van der Waals surface area (Å²) in [5, 5.41) is 27.4. The molecule has 3 atom stereocenters. The van der Waals surface area contributed by atoms with Crippen molar-refractivity contribution >= 4 is 0 Å². The van der Waals surface area contributed by atoms with Gasteiger partial charge in [-0.1, -0.05) is 6.58 Å². The second-order valence-electron chi connectivity index (χ2n) is 2.85. The number of rotatable bonds is 1. The quantitative estimate of drug-likeness (QED) is 0.460. The van der Waals surface area contributed by atoms with Gasteiger partial charge in [0, 0.05) is 0 Å². The molecule has 0 aromatic rings. The molecular weight excluding hydrogens is 148 g/mol. The van der Waals surface area contributed by atoms with Crippen LogP contribution in [0.25, 0.3) is 0 Å². The van der Waals surface area contributed by atoms with Crippen molar-refractivity contribution in [2.45, 2.75) is 24.7 Å². The predicted octanol–water partition coefficient (Wildman–Crippen LogP) is -0.997. The minimum absolute atomic E-state index is 0.101. The van der Waals surface area contributed by atoms with Crippen LogP contribution in [0.3, 0.4) is 0 Å². The molecule has 11 heavy (non-hydrogen) atoms. The van der Waals surface area contributed by atoms with E-state index in [4.69, 9.17) is 9.84 Å². The highest BCUT2D eigenvalue weighted by Gasteiger charge is 2.47. The Bertz CT molecular complexity index is 175. The standard InChI is InChI=1S/C7H12O4/c1-4-7(2,10)6(9)5(3-8)11-4/h5-6,8-10H,1,3H2,2H3/t5-,6-,7+/m1/s1. The van der Waals surface area contributed by atoms with Crippen molar-refractivity contribution in [3.8, 4) is 0 Å². The summed E-state index contributed by atoms with van der Waals surface area (Å²) in [5.74, 6) is 0.101. The van der Waals surface area contributed by atoms with E-state index in [1.165, 1.54) is 6.92 Å². The first-order valence-corrected chi connectivity index (χ1v) is 3.37. The van der Waals surface area contributed by atoms with Gasteiger partial charge in [0.05, 0.1) is 6.61 Å². The molecule has 0 aromatic carbocycles. The second-order valence-corrected chi connectivity index (χ2v) is 2.85. The average molecular weight is 160 g/mol. The molecule has 1 rings (SSSR count). The van der Waals surface area contributed by atoms with Crippen molar-refractivity contribution in [3.05, 3.63) is 12.3 Å². The van der Waals surface area contributed by atoms with Crippen LogP contribution >= 0.6 is 0 Å². The Labute approximate surface area is 64.7 Å². The van der Waals surface area contributed by atoms with Gasteiger partial charge >= 0.3 is 0 Å². The van der Waals surface area contributed by atoms with Gasteiger partial charge in [-0.05, 0) is 6.92 Å². The van der Waals surface area contributed by atoms with Gasteiger partial charge in [-0.3, -0.25) is 0 Å². The topological polar surface area (TPSA) is 69.9 Å². The fraction of sp³-hybridized carbons (Fsp3) is 0.714. The molecule has 1 heterocycles. The zero-order valence-corrected chi connectivity index (χ0v) is 6.32. The summed E-state index contributed by atoms with van der Waals surface area (Å²) >= 11 is 0. The monoisotopic (exact) mass is 160 g/mol. The normalized spacial score (nSPS) is 44.2. The van der Waals surface area contributed by atoms with E-state index in [9.17, 15) is 10.2 Å². The van der Waals surface area contributed by atoms with Gasteiger partial charge in [-0.2, -0.15) is 0 Å². The first-order chi connectivity index (χ1) is 5.00. The van der Waals surface area contributed by atoms with Crippen LogP contribution in [0.4, 0.5) is 0 Å². The molecule has 4 nitrogen and oxygen atoms in total. The molecule has 1 aliphatic rings. The van der Waals surface area contributed by atoms with Crippen molar-refractivity contribution in [1.29, 1.82) is 0 Å². The lowest BCUT2D eigenvalue weighted by Gasteiger charge is -2.19. The van der Waals surface area contributed by atoms with Crippen LogP contribution in [-0.4, -0.2) is 39.7 Å².